The Labute approximate surface area is 169 Å². The van der Waals surface area contributed by atoms with E-state index in [4.69, 9.17) is 23.2 Å². The van der Waals surface area contributed by atoms with Gasteiger partial charge in [-0.1, -0.05) is 47.5 Å². The van der Waals surface area contributed by atoms with E-state index >= 15 is 0 Å². The van der Waals surface area contributed by atoms with Crippen molar-refractivity contribution >= 4 is 40.7 Å². The maximum atomic E-state index is 12.1. The van der Waals surface area contributed by atoms with E-state index in [9.17, 15) is 9.59 Å². The van der Waals surface area contributed by atoms with Gasteiger partial charge in [0, 0.05) is 11.3 Å². The highest BCUT2D eigenvalue weighted by Gasteiger charge is 2.13. The average molecular weight is 409 g/mol. The average Bonchev–Trinajstić information content (AvgIpc) is 2.59. The highest BCUT2D eigenvalue weighted by molar-refractivity contribution is 6.42. The van der Waals surface area contributed by atoms with E-state index < -0.39 is 0 Å². The molecule has 5 nitrogen and oxygen atoms in total. The molecule has 1 atom stereocenters. The van der Waals surface area contributed by atoms with E-state index in [1.807, 2.05) is 45.2 Å². The molecular weight excluding hydrogens is 385 g/mol. The second kappa shape index (κ2) is 9.74. The van der Waals surface area contributed by atoms with E-state index in [2.05, 4.69) is 10.6 Å². The predicted molar refractivity (Wildman–Crippen MR) is 109 cm³/mol. The van der Waals surface area contributed by atoms with Crippen molar-refractivity contribution in [3.05, 3.63) is 63.1 Å². The third-order valence-electron chi connectivity index (χ3n) is 4.14. The molecule has 0 radical (unpaired) electrons. The molecule has 0 aliphatic heterocycles. The number of anilines is 1. The normalized spacial score (nSPS) is 11.7. The third-order valence-corrected chi connectivity index (χ3v) is 4.88. The summed E-state index contributed by atoms with van der Waals surface area (Å²) < 4.78 is 0. The van der Waals surface area contributed by atoms with Crippen LogP contribution in [0.1, 0.15) is 16.7 Å². The molecule has 0 spiro atoms. The molecule has 1 unspecified atom stereocenters. The van der Waals surface area contributed by atoms with Crippen LogP contribution in [0, 0.1) is 13.8 Å². The molecule has 0 saturated heterocycles. The third kappa shape index (κ3) is 6.54. The van der Waals surface area contributed by atoms with E-state index in [0.717, 1.165) is 27.3 Å². The minimum atomic E-state index is -0.247. The van der Waals surface area contributed by atoms with Crippen molar-refractivity contribution in [2.75, 3.05) is 25.5 Å². The Hall–Kier alpha value is -2.08. The number of aryl methyl sites for hydroxylation is 2. The van der Waals surface area contributed by atoms with Gasteiger partial charge in [-0.25, -0.2) is 0 Å². The van der Waals surface area contributed by atoms with Gasteiger partial charge in [-0.3, -0.25) is 9.59 Å². The number of quaternary nitrogens is 1. The van der Waals surface area contributed by atoms with Gasteiger partial charge in [0.2, 0.25) is 5.91 Å². The molecule has 2 rings (SSSR count). The molecule has 0 saturated carbocycles. The van der Waals surface area contributed by atoms with Crippen molar-refractivity contribution in [2.24, 2.45) is 0 Å². The minimum absolute atomic E-state index is 0.0628. The van der Waals surface area contributed by atoms with E-state index in [1.165, 1.54) is 0 Å². The molecule has 2 amide bonds. The molecule has 144 valence electrons. The molecule has 0 aliphatic rings. The standard InChI is InChI=1S/C20H23Cl2N3O2/c1-13-5-4-6-14(2)20(13)24-18(26)10-23-19(27)12-25(3)11-15-7-8-16(21)17(22)9-15/h4-9H,10-12H2,1-3H3,(H,23,27)(H,24,26)/p+1. The van der Waals surface area contributed by atoms with Crippen LogP contribution in [-0.2, 0) is 16.1 Å². The van der Waals surface area contributed by atoms with Crippen molar-refractivity contribution in [2.45, 2.75) is 20.4 Å². The molecule has 0 fully saturated rings. The highest BCUT2D eigenvalue weighted by atomic mass is 35.5. The van der Waals surface area contributed by atoms with Crippen LogP contribution in [-0.4, -0.2) is 32.0 Å². The lowest BCUT2D eigenvalue weighted by Gasteiger charge is -2.15. The van der Waals surface area contributed by atoms with Gasteiger partial charge >= 0.3 is 0 Å². The van der Waals surface area contributed by atoms with Crippen LogP contribution in [0.3, 0.4) is 0 Å². The largest absolute Gasteiger partial charge is 0.342 e. The topological polar surface area (TPSA) is 62.6 Å². The lowest BCUT2D eigenvalue weighted by atomic mass is 10.1. The van der Waals surface area contributed by atoms with Gasteiger partial charge in [0.05, 0.1) is 23.6 Å². The number of halogens is 2. The van der Waals surface area contributed by atoms with E-state index in [1.54, 1.807) is 12.1 Å². The maximum absolute atomic E-state index is 12.1. The molecule has 2 aromatic carbocycles. The number of likely N-dealkylation sites (N-methyl/N-ethyl adjacent to an activating group) is 1. The smallest absolute Gasteiger partial charge is 0.275 e. The van der Waals surface area contributed by atoms with Crippen LogP contribution in [0.15, 0.2) is 36.4 Å². The number of carbonyl (C=O) groups is 2. The van der Waals surface area contributed by atoms with Crippen molar-refractivity contribution in [3.8, 4) is 0 Å². The lowest BCUT2D eigenvalue weighted by Crippen LogP contribution is -3.08. The zero-order chi connectivity index (χ0) is 20.0. The summed E-state index contributed by atoms with van der Waals surface area (Å²) in [5.74, 6) is -0.438. The number of hydrogen-bond acceptors (Lipinski definition) is 2. The van der Waals surface area contributed by atoms with Gasteiger partial charge in [0.15, 0.2) is 6.54 Å². The van der Waals surface area contributed by atoms with Crippen molar-refractivity contribution in [3.63, 3.8) is 0 Å². The Kier molecular flexibility index (Phi) is 7.66. The van der Waals surface area contributed by atoms with Crippen LogP contribution < -0.4 is 15.5 Å². The number of hydrogen-bond donors (Lipinski definition) is 3. The van der Waals surface area contributed by atoms with Crippen LogP contribution in [0.5, 0.6) is 0 Å². The number of rotatable bonds is 7. The highest BCUT2D eigenvalue weighted by Crippen LogP contribution is 2.22. The summed E-state index contributed by atoms with van der Waals surface area (Å²) in [5, 5.41) is 6.51. The van der Waals surface area contributed by atoms with Crippen LogP contribution in [0.4, 0.5) is 5.69 Å². The molecule has 0 aromatic heterocycles. The number of nitrogens with one attached hydrogen (secondary N) is 3. The fraction of sp³-hybridized carbons (Fsp3) is 0.300. The molecule has 0 bridgehead atoms. The summed E-state index contributed by atoms with van der Waals surface area (Å²) in [5.41, 5.74) is 3.75. The Morgan fingerprint density at radius 2 is 1.67 bits per heavy atom. The van der Waals surface area contributed by atoms with Crippen LogP contribution in [0.2, 0.25) is 10.0 Å². The number of amides is 2. The van der Waals surface area contributed by atoms with Gasteiger partial charge in [-0.05, 0) is 37.1 Å². The summed E-state index contributed by atoms with van der Waals surface area (Å²) in [6.45, 7) is 4.67. The van der Waals surface area contributed by atoms with Gasteiger partial charge in [-0.2, -0.15) is 0 Å². The predicted octanol–water partition coefficient (Wildman–Crippen LogP) is 2.38. The van der Waals surface area contributed by atoms with E-state index in [-0.39, 0.29) is 24.9 Å². The quantitative estimate of drug-likeness (QED) is 0.658. The van der Waals surface area contributed by atoms with Crippen molar-refractivity contribution in [1.29, 1.82) is 0 Å². The summed E-state index contributed by atoms with van der Waals surface area (Å²) >= 11 is 11.9. The Bertz CT molecular complexity index is 820. The first-order valence-electron chi connectivity index (χ1n) is 8.64. The maximum Gasteiger partial charge on any atom is 0.275 e. The van der Waals surface area contributed by atoms with Gasteiger partial charge in [-0.15, -0.1) is 0 Å². The first kappa shape index (κ1) is 21.2. The Balaban J connectivity index is 1.79. The zero-order valence-corrected chi connectivity index (χ0v) is 17.2. The monoisotopic (exact) mass is 408 g/mol. The molecule has 3 N–H and O–H groups in total. The first-order chi connectivity index (χ1) is 12.8. The van der Waals surface area contributed by atoms with Crippen molar-refractivity contribution in [1.82, 2.24) is 5.32 Å². The second-order valence-electron chi connectivity index (χ2n) is 6.65. The SMILES string of the molecule is Cc1cccc(C)c1NC(=O)CNC(=O)C[NH+](C)Cc1ccc(Cl)c(Cl)c1. The molecule has 7 heteroatoms. The number of para-hydroxylation sites is 1. The van der Waals surface area contributed by atoms with E-state index in [0.29, 0.717) is 16.6 Å². The molecule has 2 aromatic rings. The van der Waals surface area contributed by atoms with Gasteiger partial charge in [0.25, 0.3) is 5.91 Å². The minimum Gasteiger partial charge on any atom is -0.342 e. The summed E-state index contributed by atoms with van der Waals surface area (Å²) in [4.78, 5) is 25.2. The second-order valence-corrected chi connectivity index (χ2v) is 7.47. The van der Waals surface area contributed by atoms with Gasteiger partial charge < -0.3 is 15.5 Å². The van der Waals surface area contributed by atoms with Crippen molar-refractivity contribution < 1.29 is 14.5 Å². The molecule has 0 heterocycles. The Morgan fingerprint density at radius 3 is 2.30 bits per heavy atom. The molecular formula is C20H24Cl2N3O2+. The summed E-state index contributed by atoms with van der Waals surface area (Å²) in [6.07, 6.45) is 0. The zero-order valence-electron chi connectivity index (χ0n) is 15.7. The summed E-state index contributed by atoms with van der Waals surface area (Å²) in [7, 11) is 1.90. The number of carbonyl (C=O) groups excluding carboxylic acids is 2. The Morgan fingerprint density at radius 1 is 1.00 bits per heavy atom. The van der Waals surface area contributed by atoms with Gasteiger partial charge in [0.1, 0.15) is 6.54 Å². The van der Waals surface area contributed by atoms with Crippen LogP contribution in [0.25, 0.3) is 0 Å². The fourth-order valence-electron chi connectivity index (χ4n) is 2.77. The first-order valence-corrected chi connectivity index (χ1v) is 9.40. The number of benzene rings is 2. The lowest BCUT2D eigenvalue weighted by molar-refractivity contribution is -0.885. The van der Waals surface area contributed by atoms with Crippen LogP contribution >= 0.6 is 23.2 Å². The molecule has 27 heavy (non-hydrogen) atoms. The fourth-order valence-corrected chi connectivity index (χ4v) is 3.09. The molecule has 0 aliphatic carbocycles. The summed E-state index contributed by atoms with van der Waals surface area (Å²) in [6, 6.07) is 11.2.